The third kappa shape index (κ3) is 5.44. The molecule has 23 heavy (non-hydrogen) atoms. The van der Waals surface area contributed by atoms with Gasteiger partial charge in [0.25, 0.3) is 0 Å². The molecular formula is C17H25ClFN3O. The van der Waals surface area contributed by atoms with E-state index in [4.69, 9.17) is 11.6 Å². The number of hydrogen-bond acceptors (Lipinski definition) is 3. The predicted molar refractivity (Wildman–Crippen MR) is 91.0 cm³/mol. The Morgan fingerprint density at radius 3 is 2.57 bits per heavy atom. The summed E-state index contributed by atoms with van der Waals surface area (Å²) >= 11 is 6.08. The fraction of sp³-hybridized carbons (Fsp3) is 0.588. The summed E-state index contributed by atoms with van der Waals surface area (Å²) in [7, 11) is 0. The van der Waals surface area contributed by atoms with Crippen LogP contribution >= 0.6 is 11.6 Å². The van der Waals surface area contributed by atoms with Gasteiger partial charge in [0.2, 0.25) is 5.91 Å². The van der Waals surface area contributed by atoms with Crippen molar-refractivity contribution in [1.82, 2.24) is 15.1 Å². The summed E-state index contributed by atoms with van der Waals surface area (Å²) in [5.41, 5.74) is 0.553. The summed E-state index contributed by atoms with van der Waals surface area (Å²) in [6.07, 6.45) is 0.933. The molecule has 1 aromatic rings. The van der Waals surface area contributed by atoms with Crippen LogP contribution < -0.4 is 5.32 Å². The van der Waals surface area contributed by atoms with E-state index in [0.717, 1.165) is 32.6 Å². The molecule has 0 bridgehead atoms. The zero-order valence-electron chi connectivity index (χ0n) is 13.8. The molecule has 1 aliphatic rings. The van der Waals surface area contributed by atoms with E-state index in [1.165, 1.54) is 6.07 Å². The van der Waals surface area contributed by atoms with Gasteiger partial charge in [-0.3, -0.25) is 14.6 Å². The normalized spacial score (nSPS) is 17.9. The lowest BCUT2D eigenvalue weighted by atomic mass is 10.2. The first-order valence-electron chi connectivity index (χ1n) is 8.16. The molecule has 0 spiro atoms. The number of carbonyl (C=O) groups excluding carboxylic acids is 1. The topological polar surface area (TPSA) is 35.6 Å². The van der Waals surface area contributed by atoms with Crippen molar-refractivity contribution in [2.75, 3.05) is 32.7 Å². The lowest BCUT2D eigenvalue weighted by Gasteiger charge is -2.34. The highest BCUT2D eigenvalue weighted by molar-refractivity contribution is 6.31. The van der Waals surface area contributed by atoms with Crippen LogP contribution in [0.1, 0.15) is 25.8 Å². The zero-order valence-corrected chi connectivity index (χ0v) is 14.6. The van der Waals surface area contributed by atoms with Crippen molar-refractivity contribution >= 4 is 17.5 Å². The van der Waals surface area contributed by atoms with E-state index in [0.29, 0.717) is 23.7 Å². The van der Waals surface area contributed by atoms with E-state index >= 15 is 0 Å². The Kier molecular flexibility index (Phi) is 6.81. The number of nitrogens with one attached hydrogen (secondary N) is 1. The van der Waals surface area contributed by atoms with E-state index < -0.39 is 0 Å². The highest BCUT2D eigenvalue weighted by Crippen LogP contribution is 2.21. The Balaban J connectivity index is 1.79. The van der Waals surface area contributed by atoms with Gasteiger partial charge in [-0.25, -0.2) is 4.39 Å². The second kappa shape index (κ2) is 8.62. The van der Waals surface area contributed by atoms with E-state index in [2.05, 4.69) is 22.0 Å². The number of benzene rings is 1. The molecule has 1 heterocycles. The number of carbonyl (C=O) groups is 1. The standard InChI is InChI=1S/C17H25ClFN3O/c1-3-13(2)20-17(23)12-22-9-7-21(8-10-22)11-14-15(18)5-4-6-16(14)19/h4-6,13H,3,7-12H2,1-2H3,(H,20,23). The van der Waals surface area contributed by atoms with Gasteiger partial charge in [-0.05, 0) is 25.5 Å². The minimum Gasteiger partial charge on any atom is -0.353 e. The summed E-state index contributed by atoms with van der Waals surface area (Å²) in [5, 5.41) is 3.45. The first-order chi connectivity index (χ1) is 11.0. The van der Waals surface area contributed by atoms with Gasteiger partial charge in [0, 0.05) is 49.4 Å². The molecular weight excluding hydrogens is 317 g/mol. The van der Waals surface area contributed by atoms with Crippen molar-refractivity contribution in [2.24, 2.45) is 0 Å². The fourth-order valence-electron chi connectivity index (χ4n) is 2.64. The molecule has 1 fully saturated rings. The Morgan fingerprint density at radius 1 is 1.30 bits per heavy atom. The molecule has 1 aliphatic heterocycles. The molecule has 0 aliphatic carbocycles. The quantitative estimate of drug-likeness (QED) is 0.863. The van der Waals surface area contributed by atoms with Crippen molar-refractivity contribution < 1.29 is 9.18 Å². The third-order valence-corrected chi connectivity index (χ3v) is 4.65. The van der Waals surface area contributed by atoms with Crippen molar-refractivity contribution in [3.63, 3.8) is 0 Å². The van der Waals surface area contributed by atoms with Gasteiger partial charge >= 0.3 is 0 Å². The van der Waals surface area contributed by atoms with Gasteiger partial charge in [0.05, 0.1) is 6.54 Å². The predicted octanol–water partition coefficient (Wildman–Crippen LogP) is 2.51. The van der Waals surface area contributed by atoms with Crippen LogP contribution in [0.4, 0.5) is 4.39 Å². The molecule has 4 nitrogen and oxygen atoms in total. The molecule has 0 radical (unpaired) electrons. The molecule has 1 aromatic carbocycles. The van der Waals surface area contributed by atoms with Gasteiger partial charge in [-0.2, -0.15) is 0 Å². The molecule has 0 saturated carbocycles. The monoisotopic (exact) mass is 341 g/mol. The van der Waals surface area contributed by atoms with Crippen LogP contribution in [0.3, 0.4) is 0 Å². The van der Waals surface area contributed by atoms with Crippen LogP contribution in [0.2, 0.25) is 5.02 Å². The molecule has 1 unspecified atom stereocenters. The number of piperazine rings is 1. The third-order valence-electron chi connectivity index (χ3n) is 4.30. The molecule has 1 amide bonds. The molecule has 128 valence electrons. The molecule has 0 aromatic heterocycles. The highest BCUT2D eigenvalue weighted by Gasteiger charge is 2.21. The van der Waals surface area contributed by atoms with E-state index in [-0.39, 0.29) is 17.8 Å². The summed E-state index contributed by atoms with van der Waals surface area (Å²) < 4.78 is 13.8. The zero-order chi connectivity index (χ0) is 16.8. The Hall–Kier alpha value is -1.17. The number of rotatable bonds is 6. The van der Waals surface area contributed by atoms with Crippen molar-refractivity contribution in [1.29, 1.82) is 0 Å². The van der Waals surface area contributed by atoms with Gasteiger partial charge < -0.3 is 5.32 Å². The van der Waals surface area contributed by atoms with Gasteiger partial charge in [-0.1, -0.05) is 24.6 Å². The van der Waals surface area contributed by atoms with Crippen LogP contribution in [-0.4, -0.2) is 54.5 Å². The molecule has 6 heteroatoms. The highest BCUT2D eigenvalue weighted by atomic mass is 35.5. The number of nitrogens with zero attached hydrogens (tertiary/aromatic N) is 2. The second-order valence-corrected chi connectivity index (χ2v) is 6.54. The first kappa shape index (κ1) is 18.2. The number of hydrogen-bond donors (Lipinski definition) is 1. The molecule has 1 saturated heterocycles. The van der Waals surface area contributed by atoms with Crippen LogP contribution in [0, 0.1) is 5.82 Å². The van der Waals surface area contributed by atoms with Crippen molar-refractivity contribution in [3.05, 3.63) is 34.6 Å². The maximum atomic E-state index is 13.8. The lowest BCUT2D eigenvalue weighted by molar-refractivity contribution is -0.123. The van der Waals surface area contributed by atoms with Gasteiger partial charge in [-0.15, -0.1) is 0 Å². The van der Waals surface area contributed by atoms with E-state index in [1.54, 1.807) is 12.1 Å². The Morgan fingerprint density at radius 2 is 1.96 bits per heavy atom. The Bertz CT molecular complexity index is 512. The van der Waals surface area contributed by atoms with Gasteiger partial charge in [0.15, 0.2) is 0 Å². The average Bonchev–Trinajstić information content (AvgIpc) is 2.52. The Labute approximate surface area is 142 Å². The summed E-state index contributed by atoms with van der Waals surface area (Å²) in [6, 6.07) is 4.99. The fourth-order valence-corrected chi connectivity index (χ4v) is 2.86. The summed E-state index contributed by atoms with van der Waals surface area (Å²) in [6.45, 7) is 8.23. The van der Waals surface area contributed by atoms with Crippen LogP contribution in [0.15, 0.2) is 18.2 Å². The SMILES string of the molecule is CCC(C)NC(=O)CN1CCN(Cc2c(F)cccc2Cl)CC1. The minimum absolute atomic E-state index is 0.0740. The second-order valence-electron chi connectivity index (χ2n) is 6.13. The lowest BCUT2D eigenvalue weighted by Crippen LogP contribution is -2.50. The largest absolute Gasteiger partial charge is 0.353 e. The van der Waals surface area contributed by atoms with E-state index in [9.17, 15) is 9.18 Å². The smallest absolute Gasteiger partial charge is 0.234 e. The minimum atomic E-state index is -0.257. The molecule has 2 rings (SSSR count). The number of halogens is 2. The van der Waals surface area contributed by atoms with Crippen molar-refractivity contribution in [3.8, 4) is 0 Å². The van der Waals surface area contributed by atoms with E-state index in [1.807, 2.05) is 6.92 Å². The maximum Gasteiger partial charge on any atom is 0.234 e. The summed E-state index contributed by atoms with van der Waals surface area (Å²) in [5.74, 6) is -0.183. The van der Waals surface area contributed by atoms with Crippen LogP contribution in [-0.2, 0) is 11.3 Å². The average molecular weight is 342 g/mol. The summed E-state index contributed by atoms with van der Waals surface area (Å²) in [4.78, 5) is 16.2. The maximum absolute atomic E-state index is 13.8. The first-order valence-corrected chi connectivity index (χ1v) is 8.54. The van der Waals surface area contributed by atoms with Gasteiger partial charge in [0.1, 0.15) is 5.82 Å². The molecule has 1 atom stereocenters. The van der Waals surface area contributed by atoms with Crippen LogP contribution in [0.25, 0.3) is 0 Å². The molecule has 1 N–H and O–H groups in total. The number of amides is 1. The van der Waals surface area contributed by atoms with Crippen LogP contribution in [0.5, 0.6) is 0 Å². The van der Waals surface area contributed by atoms with Crippen molar-refractivity contribution in [2.45, 2.75) is 32.9 Å².